The summed E-state index contributed by atoms with van der Waals surface area (Å²) in [7, 11) is 0. The van der Waals surface area contributed by atoms with Crippen LogP contribution < -0.4 is 5.32 Å². The van der Waals surface area contributed by atoms with Crippen molar-refractivity contribution in [3.63, 3.8) is 0 Å². The minimum atomic E-state index is -0.594. The lowest BCUT2D eigenvalue weighted by atomic mass is 10.0. The molecule has 0 unspecified atom stereocenters. The van der Waals surface area contributed by atoms with Gasteiger partial charge in [-0.15, -0.1) is 0 Å². The van der Waals surface area contributed by atoms with Crippen molar-refractivity contribution in [1.29, 1.82) is 0 Å². The number of nitrogens with one attached hydrogen (secondary N) is 1. The Kier molecular flexibility index (Phi) is 7.09. The number of carbonyl (C=O) groups is 2. The molecule has 2 aromatic rings. The second kappa shape index (κ2) is 9.74. The van der Waals surface area contributed by atoms with Crippen molar-refractivity contribution in [1.82, 2.24) is 10.2 Å². The number of nitrogens with zero attached hydrogens (tertiary/aromatic N) is 2. The van der Waals surface area contributed by atoms with Crippen molar-refractivity contribution in [2.24, 2.45) is 10.9 Å². The normalized spacial score (nSPS) is 16.3. The highest BCUT2D eigenvalue weighted by atomic mass is 32.2. The van der Waals surface area contributed by atoms with E-state index in [2.05, 4.69) is 10.3 Å². The van der Waals surface area contributed by atoms with Gasteiger partial charge in [0.2, 0.25) is 0 Å². The largest absolute Gasteiger partial charge is 0.340 e. The number of thioether (sulfide) groups is 1. The first-order chi connectivity index (χ1) is 14.0. The van der Waals surface area contributed by atoms with Gasteiger partial charge < -0.3 is 5.32 Å². The SMILES string of the molecule is Cc1cccc(C(=O)N[C@@H](C(=O)N2CCSC2=NCc2ccccc2)C(C)C)c1. The number of hydrogen-bond acceptors (Lipinski definition) is 4. The van der Waals surface area contributed by atoms with Crippen LogP contribution in [0.2, 0.25) is 0 Å². The second-order valence-electron chi connectivity index (χ2n) is 7.49. The van der Waals surface area contributed by atoms with E-state index in [1.165, 1.54) is 0 Å². The first-order valence-corrected chi connectivity index (χ1v) is 10.8. The van der Waals surface area contributed by atoms with E-state index in [-0.39, 0.29) is 17.7 Å². The lowest BCUT2D eigenvalue weighted by Crippen LogP contribution is -2.51. The van der Waals surface area contributed by atoms with Crippen LogP contribution in [0.15, 0.2) is 59.6 Å². The maximum atomic E-state index is 13.3. The smallest absolute Gasteiger partial charge is 0.251 e. The van der Waals surface area contributed by atoms with Crippen LogP contribution in [-0.4, -0.2) is 40.2 Å². The molecule has 3 rings (SSSR count). The summed E-state index contributed by atoms with van der Waals surface area (Å²) in [4.78, 5) is 32.3. The summed E-state index contributed by atoms with van der Waals surface area (Å²) in [6.45, 7) is 6.99. The van der Waals surface area contributed by atoms with Gasteiger partial charge in [0, 0.05) is 17.9 Å². The van der Waals surface area contributed by atoms with Gasteiger partial charge in [-0.05, 0) is 30.5 Å². The van der Waals surface area contributed by atoms with Crippen LogP contribution >= 0.6 is 11.8 Å². The topological polar surface area (TPSA) is 61.8 Å². The summed E-state index contributed by atoms with van der Waals surface area (Å²) in [5.74, 6) is 0.459. The van der Waals surface area contributed by atoms with Crippen molar-refractivity contribution in [3.05, 3.63) is 71.3 Å². The summed E-state index contributed by atoms with van der Waals surface area (Å²) >= 11 is 1.59. The van der Waals surface area contributed by atoms with Gasteiger partial charge in [0.25, 0.3) is 11.8 Å². The Hall–Kier alpha value is -2.60. The standard InChI is InChI=1S/C23H27N3O2S/c1-16(2)20(25-21(27)19-11-7-8-17(3)14-19)22(28)26-12-13-29-23(26)24-15-18-9-5-4-6-10-18/h4-11,14,16,20H,12-13,15H2,1-3H3,(H,25,27)/t20-/m1/s1. The zero-order chi connectivity index (χ0) is 20.8. The number of amides is 2. The van der Waals surface area contributed by atoms with Crippen LogP contribution in [0.1, 0.15) is 35.3 Å². The van der Waals surface area contributed by atoms with E-state index in [4.69, 9.17) is 0 Å². The number of rotatable bonds is 6. The molecule has 2 aromatic carbocycles. The van der Waals surface area contributed by atoms with Crippen LogP contribution in [0.5, 0.6) is 0 Å². The van der Waals surface area contributed by atoms with E-state index in [0.717, 1.165) is 22.0 Å². The molecular formula is C23H27N3O2S. The Morgan fingerprint density at radius 2 is 1.90 bits per heavy atom. The summed E-state index contributed by atoms with van der Waals surface area (Å²) < 4.78 is 0. The predicted octanol–water partition coefficient (Wildman–Crippen LogP) is 3.88. The second-order valence-corrected chi connectivity index (χ2v) is 8.55. The molecule has 2 amide bonds. The third kappa shape index (κ3) is 5.48. The predicted molar refractivity (Wildman–Crippen MR) is 119 cm³/mol. The van der Waals surface area contributed by atoms with Crippen LogP contribution in [-0.2, 0) is 11.3 Å². The Bertz CT molecular complexity index is 896. The van der Waals surface area contributed by atoms with Crippen molar-refractivity contribution in [2.45, 2.75) is 33.4 Å². The molecule has 0 saturated carbocycles. The maximum Gasteiger partial charge on any atom is 0.251 e. The molecule has 0 bridgehead atoms. The van der Waals surface area contributed by atoms with Crippen molar-refractivity contribution in [2.75, 3.05) is 12.3 Å². The molecule has 1 aliphatic heterocycles. The highest BCUT2D eigenvalue weighted by Gasteiger charge is 2.34. The fourth-order valence-corrected chi connectivity index (χ4v) is 4.12. The zero-order valence-corrected chi connectivity index (χ0v) is 17.9. The van der Waals surface area contributed by atoms with Gasteiger partial charge in [-0.1, -0.05) is 73.6 Å². The van der Waals surface area contributed by atoms with Crippen molar-refractivity contribution < 1.29 is 9.59 Å². The van der Waals surface area contributed by atoms with E-state index in [1.54, 1.807) is 22.7 Å². The molecule has 0 aromatic heterocycles. The van der Waals surface area contributed by atoms with E-state index >= 15 is 0 Å². The Morgan fingerprint density at radius 1 is 1.14 bits per heavy atom. The third-order valence-electron chi connectivity index (χ3n) is 4.78. The van der Waals surface area contributed by atoms with Crippen LogP contribution in [0, 0.1) is 12.8 Å². The van der Waals surface area contributed by atoms with Gasteiger partial charge in [0.1, 0.15) is 6.04 Å². The maximum absolute atomic E-state index is 13.3. The number of aryl methyl sites for hydroxylation is 1. The van der Waals surface area contributed by atoms with Crippen molar-refractivity contribution >= 4 is 28.7 Å². The highest BCUT2D eigenvalue weighted by Crippen LogP contribution is 2.21. The van der Waals surface area contributed by atoms with Crippen LogP contribution in [0.4, 0.5) is 0 Å². The highest BCUT2D eigenvalue weighted by molar-refractivity contribution is 8.14. The van der Waals surface area contributed by atoms with Gasteiger partial charge >= 0.3 is 0 Å². The molecule has 6 heteroatoms. The molecule has 152 valence electrons. The van der Waals surface area contributed by atoms with Gasteiger partial charge in [-0.25, -0.2) is 0 Å². The van der Waals surface area contributed by atoms with Crippen molar-refractivity contribution in [3.8, 4) is 0 Å². The Morgan fingerprint density at radius 3 is 2.59 bits per heavy atom. The van der Waals surface area contributed by atoms with E-state index in [1.807, 2.05) is 69.3 Å². The molecular weight excluding hydrogens is 382 g/mol. The molecule has 1 N–H and O–H groups in total. The van der Waals surface area contributed by atoms with Gasteiger partial charge in [-0.2, -0.15) is 0 Å². The summed E-state index contributed by atoms with van der Waals surface area (Å²) in [5.41, 5.74) is 2.68. The van der Waals surface area contributed by atoms with E-state index < -0.39 is 6.04 Å². The zero-order valence-electron chi connectivity index (χ0n) is 17.1. The Labute approximate surface area is 176 Å². The number of aliphatic imine (C=N–C) groups is 1. The molecule has 1 heterocycles. The lowest BCUT2D eigenvalue weighted by Gasteiger charge is -2.26. The summed E-state index contributed by atoms with van der Waals surface area (Å²) in [6.07, 6.45) is 0. The third-order valence-corrected chi connectivity index (χ3v) is 5.78. The van der Waals surface area contributed by atoms with Crippen LogP contribution in [0.25, 0.3) is 0 Å². The Balaban J connectivity index is 1.73. The number of benzene rings is 2. The number of carbonyl (C=O) groups excluding carboxylic acids is 2. The molecule has 29 heavy (non-hydrogen) atoms. The molecule has 1 fully saturated rings. The first-order valence-electron chi connectivity index (χ1n) is 9.86. The van der Waals surface area contributed by atoms with E-state index in [0.29, 0.717) is 18.7 Å². The average Bonchev–Trinajstić information content (AvgIpc) is 3.19. The molecule has 1 saturated heterocycles. The molecule has 1 atom stereocenters. The van der Waals surface area contributed by atoms with Crippen LogP contribution in [0.3, 0.4) is 0 Å². The monoisotopic (exact) mass is 409 g/mol. The summed E-state index contributed by atoms with van der Waals surface area (Å²) in [5, 5.41) is 3.67. The number of amidine groups is 1. The average molecular weight is 410 g/mol. The molecule has 0 radical (unpaired) electrons. The molecule has 1 aliphatic rings. The first kappa shape index (κ1) is 21.1. The van der Waals surface area contributed by atoms with Gasteiger partial charge in [0.15, 0.2) is 5.17 Å². The fourth-order valence-electron chi connectivity index (χ4n) is 3.17. The molecule has 0 aliphatic carbocycles. The quantitative estimate of drug-likeness (QED) is 0.788. The van der Waals surface area contributed by atoms with E-state index in [9.17, 15) is 9.59 Å². The number of hydrogen-bond donors (Lipinski definition) is 1. The summed E-state index contributed by atoms with van der Waals surface area (Å²) in [6, 6.07) is 16.8. The molecule has 0 spiro atoms. The minimum Gasteiger partial charge on any atom is -0.340 e. The minimum absolute atomic E-state index is 0.0303. The van der Waals surface area contributed by atoms with Gasteiger partial charge in [0.05, 0.1) is 6.54 Å². The van der Waals surface area contributed by atoms with Gasteiger partial charge in [-0.3, -0.25) is 19.5 Å². The molecule has 5 nitrogen and oxygen atoms in total. The lowest BCUT2D eigenvalue weighted by molar-refractivity contribution is -0.130. The fraction of sp³-hybridized carbons (Fsp3) is 0.348.